The first-order valence-corrected chi connectivity index (χ1v) is 7.06. The van der Waals surface area contributed by atoms with Crippen molar-refractivity contribution in [2.24, 2.45) is 5.92 Å². The molecular formula is C14H21N3O2. The Balaban J connectivity index is 1.73. The highest BCUT2D eigenvalue weighted by atomic mass is 16.3. The summed E-state index contributed by atoms with van der Waals surface area (Å²) in [4.78, 5) is 14.4. The highest BCUT2D eigenvalue weighted by molar-refractivity contribution is 5.94. The minimum Gasteiger partial charge on any atom is -0.397 e. The van der Waals surface area contributed by atoms with Gasteiger partial charge in [-0.1, -0.05) is 0 Å². The van der Waals surface area contributed by atoms with E-state index in [0.29, 0.717) is 17.6 Å². The molecule has 0 bridgehead atoms. The van der Waals surface area contributed by atoms with E-state index in [2.05, 4.69) is 0 Å². The number of aliphatic hydroxyl groups is 1. The van der Waals surface area contributed by atoms with Crippen molar-refractivity contribution < 1.29 is 9.90 Å². The molecule has 1 aliphatic carbocycles. The van der Waals surface area contributed by atoms with Crippen LogP contribution in [-0.2, 0) is 0 Å². The van der Waals surface area contributed by atoms with Crippen LogP contribution in [0.5, 0.6) is 0 Å². The van der Waals surface area contributed by atoms with Crippen molar-refractivity contribution in [3.63, 3.8) is 0 Å². The van der Waals surface area contributed by atoms with Crippen LogP contribution >= 0.6 is 0 Å². The number of hydrogen-bond donors (Lipinski definition) is 2. The fraction of sp³-hybridized carbons (Fsp3) is 0.643. The second-order valence-corrected chi connectivity index (χ2v) is 5.72. The molecule has 1 aromatic rings. The van der Waals surface area contributed by atoms with Crippen molar-refractivity contribution in [3.8, 4) is 0 Å². The fourth-order valence-electron chi connectivity index (χ4n) is 2.81. The third-order valence-electron chi connectivity index (χ3n) is 4.19. The first kappa shape index (κ1) is 12.5. The summed E-state index contributed by atoms with van der Waals surface area (Å²) >= 11 is 0. The van der Waals surface area contributed by atoms with Gasteiger partial charge in [0.15, 0.2) is 0 Å². The predicted octanol–water partition coefficient (Wildman–Crippen LogP) is 1.25. The molecule has 2 aliphatic rings. The van der Waals surface area contributed by atoms with Crippen molar-refractivity contribution >= 4 is 11.6 Å². The van der Waals surface area contributed by atoms with Crippen LogP contribution in [0.2, 0.25) is 0 Å². The molecule has 2 heterocycles. The number of carbonyl (C=O) groups is 1. The maximum Gasteiger partial charge on any atom is 0.270 e. The van der Waals surface area contributed by atoms with Crippen LogP contribution in [0.3, 0.4) is 0 Å². The number of anilines is 1. The molecule has 3 N–H and O–H groups in total. The van der Waals surface area contributed by atoms with Crippen LogP contribution in [0.15, 0.2) is 12.3 Å². The van der Waals surface area contributed by atoms with Crippen molar-refractivity contribution in [2.45, 2.75) is 31.7 Å². The van der Waals surface area contributed by atoms with Gasteiger partial charge in [-0.05, 0) is 37.7 Å². The Kier molecular flexibility index (Phi) is 3.22. The first-order valence-electron chi connectivity index (χ1n) is 7.06. The van der Waals surface area contributed by atoms with Crippen molar-refractivity contribution in [1.29, 1.82) is 0 Å². The lowest BCUT2D eigenvalue weighted by Crippen LogP contribution is -2.39. The zero-order chi connectivity index (χ0) is 13.4. The van der Waals surface area contributed by atoms with Gasteiger partial charge in [0.1, 0.15) is 5.69 Å². The van der Waals surface area contributed by atoms with E-state index in [1.165, 1.54) is 0 Å². The molecule has 0 atom stereocenters. The van der Waals surface area contributed by atoms with Gasteiger partial charge in [-0.2, -0.15) is 0 Å². The first-order chi connectivity index (χ1) is 9.19. The molecule has 5 nitrogen and oxygen atoms in total. The van der Waals surface area contributed by atoms with E-state index >= 15 is 0 Å². The summed E-state index contributed by atoms with van der Waals surface area (Å²) in [7, 11) is 0. The number of hydrogen-bond acceptors (Lipinski definition) is 3. The minimum absolute atomic E-state index is 0.0833. The van der Waals surface area contributed by atoms with E-state index in [1.807, 2.05) is 15.7 Å². The Morgan fingerprint density at radius 1 is 1.32 bits per heavy atom. The number of aliphatic hydroxyl groups excluding tert-OH is 1. The predicted molar refractivity (Wildman–Crippen MR) is 72.8 cm³/mol. The van der Waals surface area contributed by atoms with E-state index in [0.717, 1.165) is 44.5 Å². The van der Waals surface area contributed by atoms with Crippen molar-refractivity contribution in [3.05, 3.63) is 18.0 Å². The van der Waals surface area contributed by atoms with Crippen LogP contribution < -0.4 is 5.73 Å². The van der Waals surface area contributed by atoms with Gasteiger partial charge in [0.25, 0.3) is 5.91 Å². The summed E-state index contributed by atoms with van der Waals surface area (Å²) in [6.07, 6.45) is 5.94. The zero-order valence-corrected chi connectivity index (χ0v) is 11.1. The van der Waals surface area contributed by atoms with Crippen molar-refractivity contribution in [1.82, 2.24) is 9.47 Å². The summed E-state index contributed by atoms with van der Waals surface area (Å²) in [6.45, 7) is 1.70. The third kappa shape index (κ3) is 2.47. The average molecular weight is 263 g/mol. The summed E-state index contributed by atoms with van der Waals surface area (Å²) < 4.78 is 2.04. The Morgan fingerprint density at radius 2 is 2.00 bits per heavy atom. The molecule has 1 amide bonds. The quantitative estimate of drug-likeness (QED) is 0.862. The lowest BCUT2D eigenvalue weighted by atomic mass is 9.98. The van der Waals surface area contributed by atoms with Gasteiger partial charge >= 0.3 is 0 Å². The van der Waals surface area contributed by atoms with Gasteiger partial charge < -0.3 is 20.3 Å². The molecular weight excluding hydrogens is 242 g/mol. The number of carbonyl (C=O) groups excluding carboxylic acids is 1. The van der Waals surface area contributed by atoms with Crippen LogP contribution in [-0.4, -0.2) is 40.2 Å². The normalized spacial score (nSPS) is 20.8. The van der Waals surface area contributed by atoms with Crippen LogP contribution in [0.25, 0.3) is 0 Å². The number of nitrogens with two attached hydrogens (primary N) is 1. The fourth-order valence-corrected chi connectivity index (χ4v) is 2.81. The maximum atomic E-state index is 12.5. The largest absolute Gasteiger partial charge is 0.397 e. The second kappa shape index (κ2) is 4.89. The topological polar surface area (TPSA) is 71.5 Å². The Morgan fingerprint density at radius 3 is 2.58 bits per heavy atom. The molecule has 0 radical (unpaired) electrons. The number of likely N-dealkylation sites (tertiary alicyclic amines) is 1. The SMILES string of the molecule is Nc1cc(C(=O)N2CCC(CO)CC2)n(C2CC2)c1. The summed E-state index contributed by atoms with van der Waals surface area (Å²) in [5.74, 6) is 0.435. The van der Waals surface area contributed by atoms with Gasteiger partial charge in [-0.3, -0.25) is 4.79 Å². The van der Waals surface area contributed by atoms with Gasteiger partial charge in [0.05, 0.1) is 5.69 Å². The van der Waals surface area contributed by atoms with Crippen LogP contribution in [0.4, 0.5) is 5.69 Å². The molecule has 104 valence electrons. The van der Waals surface area contributed by atoms with E-state index in [-0.39, 0.29) is 12.5 Å². The van der Waals surface area contributed by atoms with E-state index in [1.54, 1.807) is 6.07 Å². The Hall–Kier alpha value is -1.49. The molecule has 1 saturated carbocycles. The Bertz CT molecular complexity index is 471. The highest BCUT2D eigenvalue weighted by Crippen LogP contribution is 2.37. The monoisotopic (exact) mass is 263 g/mol. The van der Waals surface area contributed by atoms with Crippen LogP contribution in [0, 0.1) is 5.92 Å². The molecule has 3 rings (SSSR count). The maximum absolute atomic E-state index is 12.5. The summed E-state index contributed by atoms with van der Waals surface area (Å²) in [5, 5.41) is 9.14. The highest BCUT2D eigenvalue weighted by Gasteiger charge is 2.30. The Labute approximate surface area is 113 Å². The molecule has 0 spiro atoms. The standard InChI is InChI=1S/C14H21N3O2/c15-11-7-13(17(8-11)12-1-2-12)14(19)16-5-3-10(9-18)4-6-16/h7-8,10,12,18H,1-6,9,15H2. The number of rotatable bonds is 3. The van der Waals surface area contributed by atoms with Gasteiger partial charge in [0.2, 0.25) is 0 Å². The van der Waals surface area contributed by atoms with Crippen molar-refractivity contribution in [2.75, 3.05) is 25.4 Å². The zero-order valence-electron chi connectivity index (χ0n) is 11.1. The number of nitrogen functional groups attached to an aromatic ring is 1. The summed E-state index contributed by atoms with van der Waals surface area (Å²) in [5.41, 5.74) is 7.22. The number of piperidine rings is 1. The number of nitrogens with zero attached hydrogens (tertiary/aromatic N) is 2. The van der Waals surface area contributed by atoms with E-state index in [9.17, 15) is 4.79 Å². The van der Waals surface area contributed by atoms with Gasteiger partial charge in [-0.15, -0.1) is 0 Å². The minimum atomic E-state index is 0.0833. The van der Waals surface area contributed by atoms with Gasteiger partial charge in [-0.25, -0.2) is 0 Å². The van der Waals surface area contributed by atoms with Gasteiger partial charge in [0, 0.05) is 31.9 Å². The molecule has 1 saturated heterocycles. The molecule has 5 heteroatoms. The summed E-state index contributed by atoms with van der Waals surface area (Å²) in [6, 6.07) is 2.25. The molecule has 19 heavy (non-hydrogen) atoms. The smallest absolute Gasteiger partial charge is 0.270 e. The number of amides is 1. The van der Waals surface area contributed by atoms with E-state index < -0.39 is 0 Å². The third-order valence-corrected chi connectivity index (χ3v) is 4.19. The lowest BCUT2D eigenvalue weighted by Gasteiger charge is -2.31. The molecule has 0 aromatic carbocycles. The molecule has 1 aromatic heterocycles. The second-order valence-electron chi connectivity index (χ2n) is 5.72. The lowest BCUT2D eigenvalue weighted by molar-refractivity contribution is 0.0640. The average Bonchev–Trinajstić information content (AvgIpc) is 3.21. The molecule has 2 fully saturated rings. The molecule has 0 unspecified atom stereocenters. The van der Waals surface area contributed by atoms with E-state index in [4.69, 9.17) is 10.8 Å². The van der Waals surface area contributed by atoms with Crippen LogP contribution in [0.1, 0.15) is 42.2 Å². The number of aromatic nitrogens is 1. The molecule has 1 aliphatic heterocycles.